The predicted octanol–water partition coefficient (Wildman–Crippen LogP) is 0.973. The van der Waals surface area contributed by atoms with Crippen LogP contribution in [0.5, 0.6) is 0 Å². The zero-order valence-corrected chi connectivity index (χ0v) is 10.6. The van der Waals surface area contributed by atoms with E-state index in [1.807, 2.05) is 0 Å². The molecule has 1 aromatic rings. The molecule has 0 fully saturated rings. The maximum absolute atomic E-state index is 12.1. The highest BCUT2D eigenvalue weighted by atomic mass is 16.2. The van der Waals surface area contributed by atoms with Crippen LogP contribution in [0.2, 0.25) is 0 Å². The summed E-state index contributed by atoms with van der Waals surface area (Å²) in [5, 5.41) is 2.57. The molecule has 0 aliphatic carbocycles. The van der Waals surface area contributed by atoms with E-state index in [1.165, 1.54) is 13.0 Å². The first-order chi connectivity index (χ1) is 9.07. The number of benzene rings is 1. The minimum Gasteiger partial charge on any atom is -0.351 e. The molecule has 1 atom stereocenters. The van der Waals surface area contributed by atoms with E-state index in [-0.39, 0.29) is 5.91 Å². The molecule has 0 saturated heterocycles. The van der Waals surface area contributed by atoms with Gasteiger partial charge in [-0.05, 0) is 19.1 Å². The van der Waals surface area contributed by atoms with Crippen molar-refractivity contribution in [3.05, 3.63) is 48.0 Å². The zero-order chi connectivity index (χ0) is 14.0. The molecule has 0 saturated carbocycles. The van der Waals surface area contributed by atoms with Gasteiger partial charge in [-0.1, -0.05) is 18.2 Å². The standard InChI is InChI=1S/C14H14N2O3/c1-3-8-15-12(17)9(2)16-13(18)10-6-4-5-7-11(10)14(16)19/h3-7,9H,1,8H2,2H3,(H,15,17)/t9-/m1/s1. The van der Waals surface area contributed by atoms with Gasteiger partial charge < -0.3 is 5.32 Å². The van der Waals surface area contributed by atoms with Gasteiger partial charge in [-0.25, -0.2) is 0 Å². The number of carbonyl (C=O) groups excluding carboxylic acids is 3. The molecule has 2 rings (SSSR count). The number of nitrogens with one attached hydrogen (secondary N) is 1. The molecule has 3 amide bonds. The Morgan fingerprint density at radius 3 is 2.32 bits per heavy atom. The van der Waals surface area contributed by atoms with Crippen LogP contribution in [0.4, 0.5) is 0 Å². The van der Waals surface area contributed by atoms with Gasteiger partial charge in [0.05, 0.1) is 11.1 Å². The van der Waals surface area contributed by atoms with Gasteiger partial charge in [0.25, 0.3) is 11.8 Å². The molecule has 19 heavy (non-hydrogen) atoms. The quantitative estimate of drug-likeness (QED) is 0.646. The number of amides is 3. The summed E-state index contributed by atoms with van der Waals surface area (Å²) in [6.07, 6.45) is 1.53. The number of hydrogen-bond acceptors (Lipinski definition) is 3. The van der Waals surface area contributed by atoms with Crippen LogP contribution in [0.15, 0.2) is 36.9 Å². The second-order valence-electron chi connectivity index (χ2n) is 4.24. The molecule has 0 radical (unpaired) electrons. The second kappa shape index (κ2) is 5.06. The molecule has 1 heterocycles. The topological polar surface area (TPSA) is 66.5 Å². The SMILES string of the molecule is C=CCNC(=O)[C@@H](C)N1C(=O)c2ccccc2C1=O. The van der Waals surface area contributed by atoms with Crippen molar-refractivity contribution in [1.82, 2.24) is 10.2 Å². The fourth-order valence-corrected chi connectivity index (χ4v) is 2.00. The van der Waals surface area contributed by atoms with Crippen LogP contribution < -0.4 is 5.32 Å². The van der Waals surface area contributed by atoms with E-state index < -0.39 is 17.9 Å². The van der Waals surface area contributed by atoms with E-state index >= 15 is 0 Å². The largest absolute Gasteiger partial charge is 0.351 e. The molecular formula is C14H14N2O3. The highest BCUT2D eigenvalue weighted by molar-refractivity contribution is 6.22. The van der Waals surface area contributed by atoms with E-state index in [0.29, 0.717) is 17.7 Å². The Hall–Kier alpha value is -2.43. The lowest BCUT2D eigenvalue weighted by Crippen LogP contribution is -2.47. The number of nitrogens with zero attached hydrogens (tertiary/aromatic N) is 1. The lowest BCUT2D eigenvalue weighted by molar-refractivity contribution is -0.124. The molecule has 0 spiro atoms. The van der Waals surface area contributed by atoms with Crippen LogP contribution in [0.25, 0.3) is 0 Å². The third-order valence-corrected chi connectivity index (χ3v) is 3.01. The Morgan fingerprint density at radius 1 is 1.32 bits per heavy atom. The summed E-state index contributed by atoms with van der Waals surface area (Å²) in [6, 6.07) is 5.71. The van der Waals surface area contributed by atoms with Crippen LogP contribution in [0.1, 0.15) is 27.6 Å². The molecule has 1 aromatic carbocycles. The lowest BCUT2D eigenvalue weighted by Gasteiger charge is -2.21. The van der Waals surface area contributed by atoms with Gasteiger partial charge in [-0.3, -0.25) is 19.3 Å². The van der Waals surface area contributed by atoms with Crippen molar-refractivity contribution in [2.75, 3.05) is 6.54 Å². The monoisotopic (exact) mass is 258 g/mol. The predicted molar refractivity (Wildman–Crippen MR) is 69.6 cm³/mol. The van der Waals surface area contributed by atoms with Gasteiger partial charge >= 0.3 is 0 Å². The average Bonchev–Trinajstić information content (AvgIpc) is 2.68. The average molecular weight is 258 g/mol. The Bertz CT molecular complexity index is 531. The number of fused-ring (bicyclic) bond motifs is 1. The van der Waals surface area contributed by atoms with Crippen LogP contribution in [-0.2, 0) is 4.79 Å². The minimum absolute atomic E-state index is 0.298. The zero-order valence-electron chi connectivity index (χ0n) is 10.6. The fraction of sp³-hybridized carbons (Fsp3) is 0.214. The van der Waals surface area contributed by atoms with E-state index in [9.17, 15) is 14.4 Å². The molecule has 5 heteroatoms. The molecule has 0 bridgehead atoms. The number of rotatable bonds is 4. The molecule has 98 valence electrons. The third kappa shape index (κ3) is 2.14. The summed E-state index contributed by atoms with van der Waals surface area (Å²) in [5.74, 6) is -1.24. The first-order valence-electron chi connectivity index (χ1n) is 5.93. The van der Waals surface area contributed by atoms with Crippen LogP contribution >= 0.6 is 0 Å². The van der Waals surface area contributed by atoms with Gasteiger partial charge in [-0.15, -0.1) is 6.58 Å². The molecule has 0 aromatic heterocycles. The smallest absolute Gasteiger partial charge is 0.262 e. The summed E-state index contributed by atoms with van der Waals surface area (Å²) in [4.78, 5) is 37.1. The summed E-state index contributed by atoms with van der Waals surface area (Å²) in [5.41, 5.74) is 0.687. The normalized spacial score (nSPS) is 15.1. The summed E-state index contributed by atoms with van der Waals surface area (Å²) in [6.45, 7) is 5.32. The van der Waals surface area contributed by atoms with Crippen LogP contribution in [0, 0.1) is 0 Å². The number of imide groups is 1. The molecule has 1 N–H and O–H groups in total. The van der Waals surface area contributed by atoms with Crippen molar-refractivity contribution in [1.29, 1.82) is 0 Å². The molecule has 1 aliphatic rings. The first-order valence-corrected chi connectivity index (χ1v) is 5.93. The Labute approximate surface area is 110 Å². The van der Waals surface area contributed by atoms with Crippen molar-refractivity contribution in [3.8, 4) is 0 Å². The Kier molecular flexibility index (Phi) is 3.46. The first kappa shape index (κ1) is 13.0. The van der Waals surface area contributed by atoms with Crippen molar-refractivity contribution in [3.63, 3.8) is 0 Å². The van der Waals surface area contributed by atoms with Crippen LogP contribution in [-0.4, -0.2) is 35.2 Å². The number of hydrogen-bond donors (Lipinski definition) is 1. The Morgan fingerprint density at radius 2 is 1.84 bits per heavy atom. The van der Waals surface area contributed by atoms with Gasteiger partial charge in [0.1, 0.15) is 6.04 Å². The minimum atomic E-state index is -0.840. The van der Waals surface area contributed by atoms with E-state index in [4.69, 9.17) is 0 Å². The van der Waals surface area contributed by atoms with Crippen molar-refractivity contribution in [2.24, 2.45) is 0 Å². The maximum atomic E-state index is 12.1. The van der Waals surface area contributed by atoms with E-state index in [1.54, 1.807) is 24.3 Å². The summed E-state index contributed by atoms with van der Waals surface area (Å²) < 4.78 is 0. The Balaban J connectivity index is 2.24. The van der Waals surface area contributed by atoms with Gasteiger partial charge in [0, 0.05) is 6.54 Å². The van der Waals surface area contributed by atoms with Crippen molar-refractivity contribution >= 4 is 17.7 Å². The second-order valence-corrected chi connectivity index (χ2v) is 4.24. The summed E-state index contributed by atoms with van der Waals surface area (Å²) >= 11 is 0. The van der Waals surface area contributed by atoms with Gasteiger partial charge in [0.15, 0.2) is 0 Å². The van der Waals surface area contributed by atoms with Gasteiger partial charge in [-0.2, -0.15) is 0 Å². The van der Waals surface area contributed by atoms with E-state index in [0.717, 1.165) is 4.90 Å². The molecule has 0 unspecified atom stereocenters. The van der Waals surface area contributed by atoms with Crippen LogP contribution in [0.3, 0.4) is 0 Å². The molecule has 5 nitrogen and oxygen atoms in total. The van der Waals surface area contributed by atoms with E-state index in [2.05, 4.69) is 11.9 Å². The highest BCUT2D eigenvalue weighted by Crippen LogP contribution is 2.24. The molecular weight excluding hydrogens is 244 g/mol. The van der Waals surface area contributed by atoms with Crippen molar-refractivity contribution in [2.45, 2.75) is 13.0 Å². The fourth-order valence-electron chi connectivity index (χ4n) is 2.00. The highest BCUT2D eigenvalue weighted by Gasteiger charge is 2.40. The van der Waals surface area contributed by atoms with Crippen molar-refractivity contribution < 1.29 is 14.4 Å². The third-order valence-electron chi connectivity index (χ3n) is 3.01. The lowest BCUT2D eigenvalue weighted by atomic mass is 10.1. The summed E-state index contributed by atoms with van der Waals surface area (Å²) in [7, 11) is 0. The molecule has 1 aliphatic heterocycles. The van der Waals surface area contributed by atoms with Gasteiger partial charge in [0.2, 0.25) is 5.91 Å². The number of carbonyl (C=O) groups is 3. The maximum Gasteiger partial charge on any atom is 0.262 e.